The highest BCUT2D eigenvalue weighted by Gasteiger charge is 2.23. The van der Waals surface area contributed by atoms with Gasteiger partial charge in [-0.1, -0.05) is 0 Å². The van der Waals surface area contributed by atoms with Gasteiger partial charge in [0.15, 0.2) is 0 Å². The van der Waals surface area contributed by atoms with E-state index in [9.17, 15) is 14.4 Å². The number of rotatable bonds is 6. The Bertz CT molecular complexity index is 508. The number of aliphatic carboxylic acids is 2. The number of amides is 1. The number of carboxylic acids is 2. The molecule has 0 bridgehead atoms. The second-order valence-electron chi connectivity index (χ2n) is 4.09. The summed E-state index contributed by atoms with van der Waals surface area (Å²) in [5, 5.41) is 23.7. The molecule has 0 radical (unpaired) electrons. The highest BCUT2D eigenvalue weighted by Crippen LogP contribution is 2.04. The molecule has 3 N–H and O–H groups in total. The van der Waals surface area contributed by atoms with Gasteiger partial charge in [-0.05, 0) is 19.4 Å². The van der Waals surface area contributed by atoms with Crippen LogP contribution in [0.25, 0.3) is 0 Å². The third kappa shape index (κ3) is 4.09. The summed E-state index contributed by atoms with van der Waals surface area (Å²) in [5.74, 6) is -2.98. The van der Waals surface area contributed by atoms with Gasteiger partial charge in [0.05, 0.1) is 5.69 Å². The standard InChI is InChI=1S/C11H15N3O5/c1-6-5-8(14(2)13-6)10(17)12-7(11(18)19)3-4-9(15)16/h5,7H,3-4H2,1-2H3,(H,12,17)(H,15,16)(H,18,19). The number of aryl methyl sites for hydroxylation is 2. The lowest BCUT2D eigenvalue weighted by molar-refractivity contribution is -0.140. The maximum atomic E-state index is 11.9. The second kappa shape index (κ2) is 5.98. The average molecular weight is 269 g/mol. The fraction of sp³-hybridized carbons (Fsp3) is 0.455. The Morgan fingerprint density at radius 2 is 2.05 bits per heavy atom. The van der Waals surface area contributed by atoms with Gasteiger partial charge in [-0.15, -0.1) is 0 Å². The van der Waals surface area contributed by atoms with Gasteiger partial charge in [0.1, 0.15) is 11.7 Å². The van der Waals surface area contributed by atoms with E-state index in [1.165, 1.54) is 10.7 Å². The number of nitrogens with one attached hydrogen (secondary N) is 1. The third-order valence-corrected chi connectivity index (χ3v) is 2.48. The van der Waals surface area contributed by atoms with E-state index in [0.29, 0.717) is 5.69 Å². The SMILES string of the molecule is Cc1cc(C(=O)NC(CCC(=O)O)C(=O)O)n(C)n1. The van der Waals surface area contributed by atoms with Crippen LogP contribution < -0.4 is 5.32 Å². The molecule has 104 valence electrons. The molecule has 19 heavy (non-hydrogen) atoms. The molecule has 0 fully saturated rings. The van der Waals surface area contributed by atoms with Crippen molar-refractivity contribution in [1.29, 1.82) is 0 Å². The minimum atomic E-state index is -1.27. The number of aromatic nitrogens is 2. The molecule has 0 saturated carbocycles. The Hall–Kier alpha value is -2.38. The zero-order valence-corrected chi connectivity index (χ0v) is 10.6. The lowest BCUT2D eigenvalue weighted by Crippen LogP contribution is -2.41. The molecule has 1 aromatic heterocycles. The highest BCUT2D eigenvalue weighted by atomic mass is 16.4. The number of nitrogens with zero attached hydrogens (tertiary/aromatic N) is 2. The van der Waals surface area contributed by atoms with Crippen molar-refractivity contribution >= 4 is 17.8 Å². The van der Waals surface area contributed by atoms with E-state index in [4.69, 9.17) is 10.2 Å². The predicted octanol–water partition coefficient (Wildman–Crippen LogP) is -0.224. The van der Waals surface area contributed by atoms with Crippen LogP contribution in [0.4, 0.5) is 0 Å². The van der Waals surface area contributed by atoms with Crippen LogP contribution in [0, 0.1) is 6.92 Å². The molecule has 0 aromatic carbocycles. The van der Waals surface area contributed by atoms with Crippen molar-refractivity contribution in [2.24, 2.45) is 7.05 Å². The van der Waals surface area contributed by atoms with Gasteiger partial charge in [-0.3, -0.25) is 14.3 Å². The molecular formula is C11H15N3O5. The number of carboxylic acid groups (broad SMARTS) is 2. The summed E-state index contributed by atoms with van der Waals surface area (Å²) in [7, 11) is 1.56. The lowest BCUT2D eigenvalue weighted by atomic mass is 10.1. The summed E-state index contributed by atoms with van der Waals surface area (Å²) in [4.78, 5) is 33.2. The monoisotopic (exact) mass is 269 g/mol. The molecular weight excluding hydrogens is 254 g/mol. The number of hydrogen-bond acceptors (Lipinski definition) is 4. The summed E-state index contributed by atoms with van der Waals surface area (Å²) < 4.78 is 1.33. The van der Waals surface area contributed by atoms with E-state index in [0.717, 1.165) is 0 Å². The number of carbonyl (C=O) groups excluding carboxylic acids is 1. The Morgan fingerprint density at radius 3 is 2.47 bits per heavy atom. The maximum absolute atomic E-state index is 11.9. The number of carbonyl (C=O) groups is 3. The third-order valence-electron chi connectivity index (χ3n) is 2.48. The first kappa shape index (κ1) is 14.7. The van der Waals surface area contributed by atoms with Crippen molar-refractivity contribution in [3.8, 4) is 0 Å². The van der Waals surface area contributed by atoms with Gasteiger partial charge in [-0.2, -0.15) is 5.10 Å². The van der Waals surface area contributed by atoms with Crippen LogP contribution in [0.2, 0.25) is 0 Å². The molecule has 1 heterocycles. The van der Waals surface area contributed by atoms with Crippen molar-refractivity contribution in [3.05, 3.63) is 17.5 Å². The Kier molecular flexibility index (Phi) is 4.62. The fourth-order valence-electron chi connectivity index (χ4n) is 1.58. The van der Waals surface area contributed by atoms with E-state index in [-0.39, 0.29) is 18.5 Å². The Morgan fingerprint density at radius 1 is 1.42 bits per heavy atom. The van der Waals surface area contributed by atoms with Crippen molar-refractivity contribution < 1.29 is 24.6 Å². The lowest BCUT2D eigenvalue weighted by Gasteiger charge is -2.13. The van der Waals surface area contributed by atoms with Crippen LogP contribution in [0.1, 0.15) is 29.0 Å². The molecule has 0 saturated heterocycles. The molecule has 1 atom stereocenters. The summed E-state index contributed by atoms with van der Waals surface area (Å²) in [6.07, 6.45) is -0.505. The first-order valence-corrected chi connectivity index (χ1v) is 5.57. The molecule has 1 aromatic rings. The summed E-state index contributed by atoms with van der Waals surface area (Å²) in [6.45, 7) is 1.70. The van der Waals surface area contributed by atoms with Gasteiger partial charge in [-0.25, -0.2) is 4.79 Å². The van der Waals surface area contributed by atoms with E-state index in [1.807, 2.05) is 0 Å². The molecule has 8 nitrogen and oxygen atoms in total. The van der Waals surface area contributed by atoms with Crippen molar-refractivity contribution in [1.82, 2.24) is 15.1 Å². The van der Waals surface area contributed by atoms with E-state index in [2.05, 4.69) is 10.4 Å². The van der Waals surface area contributed by atoms with Crippen molar-refractivity contribution in [3.63, 3.8) is 0 Å². The molecule has 1 rings (SSSR count). The fourth-order valence-corrected chi connectivity index (χ4v) is 1.58. The zero-order chi connectivity index (χ0) is 14.6. The van der Waals surface area contributed by atoms with Crippen LogP contribution in [-0.4, -0.2) is 43.9 Å². The normalized spacial score (nSPS) is 11.9. The highest BCUT2D eigenvalue weighted by molar-refractivity contribution is 5.95. The molecule has 8 heteroatoms. The van der Waals surface area contributed by atoms with E-state index >= 15 is 0 Å². The minimum absolute atomic E-state index is 0.173. The molecule has 0 aliphatic carbocycles. The van der Waals surface area contributed by atoms with Crippen LogP contribution in [-0.2, 0) is 16.6 Å². The second-order valence-corrected chi connectivity index (χ2v) is 4.09. The van der Waals surface area contributed by atoms with Gasteiger partial charge in [0, 0.05) is 13.5 Å². The summed E-state index contributed by atoms with van der Waals surface area (Å²) in [6, 6.07) is 0.282. The summed E-state index contributed by atoms with van der Waals surface area (Å²) in [5.41, 5.74) is 0.851. The van der Waals surface area contributed by atoms with Gasteiger partial charge in [0.2, 0.25) is 0 Å². The van der Waals surface area contributed by atoms with E-state index < -0.39 is 23.9 Å². The first-order chi connectivity index (χ1) is 8.81. The van der Waals surface area contributed by atoms with Crippen LogP contribution in [0.5, 0.6) is 0 Å². The molecule has 0 aliphatic rings. The molecule has 0 spiro atoms. The van der Waals surface area contributed by atoms with Gasteiger partial charge in [0.25, 0.3) is 5.91 Å². The summed E-state index contributed by atoms with van der Waals surface area (Å²) >= 11 is 0. The van der Waals surface area contributed by atoms with Crippen LogP contribution >= 0.6 is 0 Å². The largest absolute Gasteiger partial charge is 0.481 e. The first-order valence-electron chi connectivity index (χ1n) is 5.57. The van der Waals surface area contributed by atoms with Gasteiger partial charge >= 0.3 is 11.9 Å². The quantitative estimate of drug-likeness (QED) is 0.656. The molecule has 1 amide bonds. The molecule has 0 aliphatic heterocycles. The van der Waals surface area contributed by atoms with Crippen LogP contribution in [0.15, 0.2) is 6.07 Å². The van der Waals surface area contributed by atoms with Crippen LogP contribution in [0.3, 0.4) is 0 Å². The van der Waals surface area contributed by atoms with Crippen molar-refractivity contribution in [2.75, 3.05) is 0 Å². The van der Waals surface area contributed by atoms with Crippen molar-refractivity contribution in [2.45, 2.75) is 25.8 Å². The average Bonchev–Trinajstić information content (AvgIpc) is 2.62. The minimum Gasteiger partial charge on any atom is -0.481 e. The topological polar surface area (TPSA) is 122 Å². The smallest absolute Gasteiger partial charge is 0.326 e. The number of hydrogen-bond donors (Lipinski definition) is 3. The molecule has 1 unspecified atom stereocenters. The maximum Gasteiger partial charge on any atom is 0.326 e. The van der Waals surface area contributed by atoms with E-state index in [1.54, 1.807) is 14.0 Å². The Balaban J connectivity index is 2.74. The zero-order valence-electron chi connectivity index (χ0n) is 10.6. The predicted molar refractivity (Wildman–Crippen MR) is 63.7 cm³/mol. The van der Waals surface area contributed by atoms with Gasteiger partial charge < -0.3 is 15.5 Å². The Labute approximate surface area is 109 Å².